The molecule has 0 radical (unpaired) electrons. The number of likely N-dealkylation sites (N-methyl/N-ethyl adjacent to an activating group) is 2. The number of hydrogen-bond donors (Lipinski definition) is 0. The van der Waals surface area contributed by atoms with E-state index < -0.39 is 22.3 Å². The molecule has 4 bridgehead atoms. The van der Waals surface area contributed by atoms with Gasteiger partial charge in [0.2, 0.25) is 0 Å². The second kappa shape index (κ2) is 12.4. The maximum Gasteiger partial charge on any atom is 0.297 e. The van der Waals surface area contributed by atoms with Crippen molar-refractivity contribution in [3.63, 3.8) is 0 Å². The van der Waals surface area contributed by atoms with Crippen LogP contribution in [0.4, 0.5) is 0 Å². The quantitative estimate of drug-likeness (QED) is 0.180. The van der Waals surface area contributed by atoms with Crippen molar-refractivity contribution < 1.29 is 31.2 Å². The molecule has 0 aromatic heterocycles. The van der Waals surface area contributed by atoms with Crippen molar-refractivity contribution in [1.29, 1.82) is 0 Å². The number of hydrogen-bond acceptors (Lipinski definition) is 9. The molecular weight excluding hydrogens is 738 g/mol. The van der Waals surface area contributed by atoms with E-state index in [-0.39, 0.29) is 44.7 Å². The summed E-state index contributed by atoms with van der Waals surface area (Å²) in [4.78, 5) is 5.05. The van der Waals surface area contributed by atoms with Gasteiger partial charge < -0.3 is 19.3 Å². The standard InChI is InChI=1S/C24H24NO5PS.C18H20NO2P/c1-14-3-6-16(7-4-14)32(27,28)30-19-9-8-17-18-13-15-5-10-20(31-26)22-21(15)24(17,23(19)29-22)11-12-25(18)2;1-10-3-5-12-13-9-11-4-6-14(22-20)16-15(11)18(12,17(10)21-16)7-8-19(13)2/h3-10,17-19,23H,11-13H2,1-2H3;3-6,10,12-13,17H,7-9H2,1-2H3/t17-,18+,19-,23?,24-;10-,12+,13-,17?,18+/m01/s1. The Kier molecular flexibility index (Phi) is 8.07. The average molecular weight is 783 g/mol. The normalized spacial score (nSPS) is 36.1. The lowest BCUT2D eigenvalue weighted by atomic mass is 9.52. The highest BCUT2D eigenvalue weighted by Crippen LogP contribution is 2.62. The third-order valence-electron chi connectivity index (χ3n) is 14.3. The fourth-order valence-electron chi connectivity index (χ4n) is 11.9. The summed E-state index contributed by atoms with van der Waals surface area (Å²) in [5, 5.41) is 1.44. The maximum absolute atomic E-state index is 13.1. The van der Waals surface area contributed by atoms with E-state index in [4.69, 9.17) is 13.7 Å². The summed E-state index contributed by atoms with van der Waals surface area (Å²) in [6, 6.07) is 15.7. The molecule has 3 aromatic carbocycles. The fraction of sp³-hybridized carbons (Fsp3) is 0.476. The second-order valence-corrected chi connectivity index (χ2v) is 19.6. The van der Waals surface area contributed by atoms with Crippen molar-refractivity contribution in [2.45, 2.75) is 85.7 Å². The summed E-state index contributed by atoms with van der Waals surface area (Å²) in [5.74, 6) is 2.72. The number of ether oxygens (including phenoxy) is 2. The van der Waals surface area contributed by atoms with Crippen molar-refractivity contribution in [3.05, 3.63) is 101 Å². The molecule has 2 spiro atoms. The third-order valence-corrected chi connectivity index (χ3v) is 16.7. The first-order valence-corrected chi connectivity index (χ1v) is 22.1. The predicted octanol–water partition coefficient (Wildman–Crippen LogP) is 5.82. The van der Waals surface area contributed by atoms with Gasteiger partial charge in [0.15, 0.2) is 16.9 Å². The molecule has 0 N–H and O–H groups in total. The number of nitrogens with zero attached hydrogens (tertiary/aromatic N) is 2. The number of aryl methyl sites for hydroxylation is 1. The van der Waals surface area contributed by atoms with Crippen LogP contribution in [0.25, 0.3) is 0 Å². The van der Waals surface area contributed by atoms with Crippen LogP contribution in [0.2, 0.25) is 0 Å². The minimum Gasteiger partial charge on any atom is -0.487 e. The van der Waals surface area contributed by atoms with Gasteiger partial charge in [-0.15, -0.1) is 0 Å². The number of likely N-dealkylation sites (tertiary alicyclic amines) is 2. The van der Waals surface area contributed by atoms with Gasteiger partial charge >= 0.3 is 0 Å². The van der Waals surface area contributed by atoms with Crippen molar-refractivity contribution in [1.82, 2.24) is 9.80 Å². The zero-order chi connectivity index (χ0) is 37.3. The van der Waals surface area contributed by atoms with Gasteiger partial charge in [0.1, 0.15) is 29.8 Å². The first-order valence-electron chi connectivity index (χ1n) is 19.1. The van der Waals surface area contributed by atoms with Crippen LogP contribution < -0.4 is 20.1 Å². The zero-order valence-corrected chi connectivity index (χ0v) is 33.4. The minimum atomic E-state index is -3.97. The topological polar surface area (TPSA) is 102 Å². The van der Waals surface area contributed by atoms with Gasteiger partial charge in [0.05, 0.1) is 15.5 Å². The molecule has 2 fully saturated rings. The molecule has 3 aromatic rings. The Balaban J connectivity index is 0.000000143. The molecule has 0 saturated carbocycles. The highest BCUT2D eigenvalue weighted by atomic mass is 32.2. The van der Waals surface area contributed by atoms with Crippen molar-refractivity contribution in [2.24, 2.45) is 17.8 Å². The van der Waals surface area contributed by atoms with E-state index in [1.807, 2.05) is 25.1 Å². The predicted molar refractivity (Wildman–Crippen MR) is 207 cm³/mol. The van der Waals surface area contributed by atoms with Crippen LogP contribution in [0.5, 0.6) is 11.5 Å². The monoisotopic (exact) mass is 782 g/mol. The van der Waals surface area contributed by atoms with E-state index in [0.29, 0.717) is 35.0 Å². The average Bonchev–Trinajstić information content (AvgIpc) is 3.71. The molecular formula is C42H44N2O7P2S. The highest BCUT2D eigenvalue weighted by Gasteiger charge is 2.66. The molecule has 2 saturated heterocycles. The molecule has 4 aliphatic heterocycles. The smallest absolute Gasteiger partial charge is 0.297 e. The Bertz CT molecular complexity index is 2280. The Morgan fingerprint density at radius 1 is 0.722 bits per heavy atom. The van der Waals surface area contributed by atoms with Crippen LogP contribution in [0, 0.1) is 24.7 Å². The lowest BCUT2D eigenvalue weighted by Crippen LogP contribution is -2.65. The van der Waals surface area contributed by atoms with E-state index in [1.165, 1.54) is 16.7 Å². The molecule has 11 rings (SSSR count). The Morgan fingerprint density at radius 2 is 1.24 bits per heavy atom. The molecule has 4 heterocycles. The van der Waals surface area contributed by atoms with E-state index in [2.05, 4.69) is 61.2 Å². The van der Waals surface area contributed by atoms with E-state index in [0.717, 1.165) is 61.0 Å². The third kappa shape index (κ3) is 4.71. The van der Waals surface area contributed by atoms with Crippen LogP contribution in [0.15, 0.2) is 77.7 Å². The molecule has 0 amide bonds. The lowest BCUT2D eigenvalue weighted by molar-refractivity contribution is -0.0363. The summed E-state index contributed by atoms with van der Waals surface area (Å²) < 4.78 is 68.5. The second-order valence-electron chi connectivity index (χ2n) is 16.7. The van der Waals surface area contributed by atoms with Gasteiger partial charge in [-0.05, 0) is 95.2 Å². The summed E-state index contributed by atoms with van der Waals surface area (Å²) >= 11 is 0. The molecule has 280 valence electrons. The van der Waals surface area contributed by atoms with Gasteiger partial charge in [-0.3, -0.25) is 13.3 Å². The largest absolute Gasteiger partial charge is 0.487 e. The van der Waals surface area contributed by atoms with Crippen LogP contribution in [0.1, 0.15) is 47.6 Å². The van der Waals surface area contributed by atoms with Crippen LogP contribution in [0.3, 0.4) is 0 Å². The van der Waals surface area contributed by atoms with E-state index >= 15 is 0 Å². The SMILES string of the molecule is C[C@@H]1C=C[C@H]2[C@H]3Cc4ccc(P=O)c5c4[C@@]2(CCN3C)C1O5.Cc1ccc(S(=O)(=O)O[C@H]2C=C[C@H]3[C@H]4Cc5ccc(P=O)c6c5[C@@]3(CCN4C)C2O6)cc1. The lowest BCUT2D eigenvalue weighted by Gasteiger charge is -2.56. The molecule has 10 atom stereocenters. The van der Waals surface area contributed by atoms with Gasteiger partial charge in [-0.2, -0.15) is 8.42 Å². The maximum atomic E-state index is 13.1. The molecule has 2 unspecified atom stereocenters. The Morgan fingerprint density at radius 3 is 1.80 bits per heavy atom. The van der Waals surface area contributed by atoms with Crippen molar-refractivity contribution >= 4 is 37.6 Å². The van der Waals surface area contributed by atoms with Crippen LogP contribution in [-0.2, 0) is 47.1 Å². The highest BCUT2D eigenvalue weighted by molar-refractivity contribution is 7.86. The number of rotatable bonds is 5. The summed E-state index contributed by atoms with van der Waals surface area (Å²) in [5.41, 5.74) is 5.85. The Labute approximate surface area is 320 Å². The first kappa shape index (κ1) is 35.2. The Hall–Kier alpha value is -3.23. The van der Waals surface area contributed by atoms with Crippen LogP contribution in [-0.4, -0.2) is 75.8 Å². The number of piperidine rings is 2. The van der Waals surface area contributed by atoms with Gasteiger partial charge in [-0.1, -0.05) is 61.1 Å². The summed E-state index contributed by atoms with van der Waals surface area (Å²) in [6.45, 7) is 6.19. The van der Waals surface area contributed by atoms with Crippen molar-refractivity contribution in [2.75, 3.05) is 27.2 Å². The van der Waals surface area contributed by atoms with Gasteiger partial charge in [0.25, 0.3) is 10.1 Å². The van der Waals surface area contributed by atoms with Crippen LogP contribution >= 0.6 is 16.9 Å². The van der Waals surface area contributed by atoms with Gasteiger partial charge in [0, 0.05) is 51.8 Å². The van der Waals surface area contributed by atoms with Gasteiger partial charge in [-0.25, -0.2) is 0 Å². The minimum absolute atomic E-state index is 0.0730. The molecule has 12 heteroatoms. The molecule has 8 aliphatic rings. The number of benzene rings is 3. The molecule has 9 nitrogen and oxygen atoms in total. The van der Waals surface area contributed by atoms with E-state index in [9.17, 15) is 17.5 Å². The fourth-order valence-corrected chi connectivity index (χ4v) is 13.7. The zero-order valence-electron chi connectivity index (χ0n) is 30.8. The molecule has 4 aliphatic carbocycles. The first-order chi connectivity index (χ1) is 26.0. The van der Waals surface area contributed by atoms with Crippen molar-refractivity contribution in [3.8, 4) is 11.5 Å². The van der Waals surface area contributed by atoms with E-state index in [1.54, 1.807) is 24.3 Å². The molecule has 54 heavy (non-hydrogen) atoms. The summed E-state index contributed by atoms with van der Waals surface area (Å²) in [7, 11) is 0.406. The summed E-state index contributed by atoms with van der Waals surface area (Å²) in [6.07, 6.45) is 11.7.